The van der Waals surface area contributed by atoms with Crippen LogP contribution in [-0.4, -0.2) is 29.1 Å². The molecule has 0 spiro atoms. The molecule has 2 aliphatic rings. The molecule has 1 aromatic rings. The van der Waals surface area contributed by atoms with Crippen molar-refractivity contribution < 1.29 is 9.90 Å². The van der Waals surface area contributed by atoms with E-state index in [4.69, 9.17) is 0 Å². The molecule has 1 unspecified atom stereocenters. The Hall–Kier alpha value is -1.35. The molecule has 0 bridgehead atoms. The van der Waals surface area contributed by atoms with E-state index in [1.165, 1.54) is 11.1 Å². The molecule has 1 aliphatic heterocycles. The highest BCUT2D eigenvalue weighted by Gasteiger charge is 2.55. The van der Waals surface area contributed by atoms with Gasteiger partial charge in [0.2, 0.25) is 0 Å². The molecular weight excluding hydrogens is 250 g/mol. The highest BCUT2D eigenvalue weighted by atomic mass is 16.4. The van der Waals surface area contributed by atoms with Gasteiger partial charge in [-0.15, -0.1) is 0 Å². The van der Waals surface area contributed by atoms with E-state index in [0.29, 0.717) is 18.5 Å². The summed E-state index contributed by atoms with van der Waals surface area (Å²) >= 11 is 0. The summed E-state index contributed by atoms with van der Waals surface area (Å²) in [5.41, 5.74) is 2.09. The van der Waals surface area contributed by atoms with Crippen LogP contribution < -0.4 is 0 Å². The smallest absolute Gasteiger partial charge is 0.311 e. The first-order chi connectivity index (χ1) is 9.53. The third kappa shape index (κ3) is 2.05. The Labute approximate surface area is 120 Å². The van der Waals surface area contributed by atoms with Crippen molar-refractivity contribution in [2.45, 2.75) is 39.2 Å². The molecule has 1 aromatic carbocycles. The Balaban J connectivity index is 1.82. The Morgan fingerprint density at radius 1 is 1.50 bits per heavy atom. The highest BCUT2D eigenvalue weighted by Crippen LogP contribution is 2.50. The van der Waals surface area contributed by atoms with E-state index < -0.39 is 11.4 Å². The summed E-state index contributed by atoms with van der Waals surface area (Å²) in [4.78, 5) is 14.1. The van der Waals surface area contributed by atoms with E-state index in [0.717, 1.165) is 25.8 Å². The van der Waals surface area contributed by atoms with Gasteiger partial charge < -0.3 is 5.11 Å². The molecule has 3 rings (SSSR count). The summed E-state index contributed by atoms with van der Waals surface area (Å²) in [6, 6.07) is 8.86. The Morgan fingerprint density at radius 2 is 2.30 bits per heavy atom. The predicted octanol–water partition coefficient (Wildman–Crippen LogP) is 3.24. The molecule has 1 saturated heterocycles. The van der Waals surface area contributed by atoms with Crippen LogP contribution in [0, 0.1) is 18.3 Å². The lowest BCUT2D eigenvalue weighted by Gasteiger charge is -2.27. The average Bonchev–Trinajstić information content (AvgIpc) is 2.95. The summed E-state index contributed by atoms with van der Waals surface area (Å²) < 4.78 is 0. The SMILES string of the molecule is Cc1cccc(C(C)N2C[C@@H]3CCC[C@@]3(C(=O)O)C2)c1. The first-order valence-electron chi connectivity index (χ1n) is 7.57. The zero-order chi connectivity index (χ0) is 14.3. The molecule has 1 N–H and O–H groups in total. The van der Waals surface area contributed by atoms with Crippen molar-refractivity contribution in [1.82, 2.24) is 4.90 Å². The van der Waals surface area contributed by atoms with Crippen LogP contribution in [0.25, 0.3) is 0 Å². The van der Waals surface area contributed by atoms with Gasteiger partial charge in [0, 0.05) is 19.1 Å². The van der Waals surface area contributed by atoms with E-state index in [-0.39, 0.29) is 0 Å². The van der Waals surface area contributed by atoms with Gasteiger partial charge in [0.1, 0.15) is 0 Å². The first-order valence-corrected chi connectivity index (χ1v) is 7.57. The second-order valence-electron chi connectivity index (χ2n) is 6.57. The number of carbonyl (C=O) groups is 1. The third-order valence-electron chi connectivity index (χ3n) is 5.40. The monoisotopic (exact) mass is 273 g/mol. The molecule has 0 amide bonds. The number of fused-ring (bicyclic) bond motifs is 1. The van der Waals surface area contributed by atoms with Gasteiger partial charge in [0.05, 0.1) is 5.41 Å². The van der Waals surface area contributed by atoms with Crippen LogP contribution >= 0.6 is 0 Å². The molecule has 108 valence electrons. The van der Waals surface area contributed by atoms with Gasteiger partial charge in [-0.1, -0.05) is 36.2 Å². The maximum absolute atomic E-state index is 11.7. The van der Waals surface area contributed by atoms with E-state index in [2.05, 4.69) is 43.0 Å². The second kappa shape index (κ2) is 4.88. The third-order valence-corrected chi connectivity index (χ3v) is 5.40. The fourth-order valence-corrected chi connectivity index (χ4v) is 4.11. The number of aryl methyl sites for hydroxylation is 1. The second-order valence-corrected chi connectivity index (χ2v) is 6.57. The fraction of sp³-hybridized carbons (Fsp3) is 0.588. The van der Waals surface area contributed by atoms with Crippen LogP contribution in [0.4, 0.5) is 0 Å². The van der Waals surface area contributed by atoms with Crippen LogP contribution in [0.15, 0.2) is 24.3 Å². The summed E-state index contributed by atoms with van der Waals surface area (Å²) in [7, 11) is 0. The van der Waals surface area contributed by atoms with Gasteiger partial charge in [-0.25, -0.2) is 0 Å². The Bertz CT molecular complexity index is 527. The van der Waals surface area contributed by atoms with Gasteiger partial charge in [0.15, 0.2) is 0 Å². The zero-order valence-corrected chi connectivity index (χ0v) is 12.3. The van der Waals surface area contributed by atoms with E-state index >= 15 is 0 Å². The molecule has 0 radical (unpaired) electrons. The van der Waals surface area contributed by atoms with Crippen LogP contribution in [0.2, 0.25) is 0 Å². The van der Waals surface area contributed by atoms with Crippen LogP contribution in [-0.2, 0) is 4.79 Å². The number of hydrogen-bond donors (Lipinski definition) is 1. The largest absolute Gasteiger partial charge is 0.481 e. The van der Waals surface area contributed by atoms with Crippen molar-refractivity contribution in [2.24, 2.45) is 11.3 Å². The Morgan fingerprint density at radius 3 is 2.95 bits per heavy atom. The van der Waals surface area contributed by atoms with Crippen LogP contribution in [0.1, 0.15) is 43.4 Å². The molecule has 3 nitrogen and oxygen atoms in total. The molecule has 1 saturated carbocycles. The molecule has 3 heteroatoms. The molecule has 2 fully saturated rings. The summed E-state index contributed by atoms with van der Waals surface area (Å²) in [5, 5.41) is 9.66. The molecule has 1 aliphatic carbocycles. The number of benzene rings is 1. The first kappa shape index (κ1) is 13.6. The lowest BCUT2D eigenvalue weighted by atomic mass is 9.81. The topological polar surface area (TPSA) is 40.5 Å². The maximum atomic E-state index is 11.7. The van der Waals surface area contributed by atoms with Crippen LogP contribution in [0.5, 0.6) is 0 Å². The molecule has 0 aromatic heterocycles. The van der Waals surface area contributed by atoms with Crippen molar-refractivity contribution in [3.63, 3.8) is 0 Å². The minimum atomic E-state index is -0.584. The minimum absolute atomic E-state index is 0.303. The molecular formula is C17H23NO2. The van der Waals surface area contributed by atoms with E-state index in [1.807, 2.05) is 0 Å². The summed E-state index contributed by atoms with van der Waals surface area (Å²) in [6.07, 6.45) is 3.00. The van der Waals surface area contributed by atoms with Crippen molar-refractivity contribution in [1.29, 1.82) is 0 Å². The normalized spacial score (nSPS) is 31.2. The number of likely N-dealkylation sites (tertiary alicyclic amines) is 1. The number of rotatable bonds is 3. The quantitative estimate of drug-likeness (QED) is 0.919. The highest BCUT2D eigenvalue weighted by molar-refractivity contribution is 5.76. The average molecular weight is 273 g/mol. The number of hydrogen-bond acceptors (Lipinski definition) is 2. The standard InChI is InChI=1S/C17H23NO2/c1-12-5-3-6-14(9-12)13(2)18-10-15-7-4-8-17(15,11-18)16(19)20/h3,5-6,9,13,15H,4,7-8,10-11H2,1-2H3,(H,19,20)/t13?,15-,17+/m0/s1. The van der Waals surface area contributed by atoms with Gasteiger partial charge >= 0.3 is 5.97 Å². The molecule has 1 heterocycles. The van der Waals surface area contributed by atoms with E-state index in [9.17, 15) is 9.90 Å². The van der Waals surface area contributed by atoms with Gasteiger partial charge in [-0.05, 0) is 38.2 Å². The lowest BCUT2D eigenvalue weighted by Crippen LogP contribution is -2.36. The zero-order valence-electron chi connectivity index (χ0n) is 12.3. The molecule has 3 atom stereocenters. The number of carboxylic acid groups (broad SMARTS) is 1. The Kier molecular flexibility index (Phi) is 3.33. The van der Waals surface area contributed by atoms with Crippen LogP contribution in [0.3, 0.4) is 0 Å². The summed E-state index contributed by atoms with van der Waals surface area (Å²) in [5.74, 6) is -0.244. The summed E-state index contributed by atoms with van der Waals surface area (Å²) in [6.45, 7) is 5.95. The van der Waals surface area contributed by atoms with Gasteiger partial charge in [-0.3, -0.25) is 9.69 Å². The fourth-order valence-electron chi connectivity index (χ4n) is 4.11. The van der Waals surface area contributed by atoms with Crippen molar-refractivity contribution in [3.8, 4) is 0 Å². The lowest BCUT2D eigenvalue weighted by molar-refractivity contribution is -0.149. The van der Waals surface area contributed by atoms with Crippen molar-refractivity contribution in [3.05, 3.63) is 35.4 Å². The van der Waals surface area contributed by atoms with E-state index in [1.54, 1.807) is 0 Å². The van der Waals surface area contributed by atoms with Gasteiger partial charge in [-0.2, -0.15) is 0 Å². The molecule has 20 heavy (non-hydrogen) atoms. The van der Waals surface area contributed by atoms with Crippen molar-refractivity contribution >= 4 is 5.97 Å². The predicted molar refractivity (Wildman–Crippen MR) is 78.6 cm³/mol. The maximum Gasteiger partial charge on any atom is 0.311 e. The minimum Gasteiger partial charge on any atom is -0.481 e. The number of aliphatic carboxylic acids is 1. The number of nitrogens with zero attached hydrogens (tertiary/aromatic N) is 1. The van der Waals surface area contributed by atoms with Crippen molar-refractivity contribution in [2.75, 3.05) is 13.1 Å². The van der Waals surface area contributed by atoms with Gasteiger partial charge in [0.25, 0.3) is 0 Å². The number of carboxylic acids is 1.